The smallest absolute Gasteiger partial charge is 0.220 e. The second kappa shape index (κ2) is 7.86. The lowest BCUT2D eigenvalue weighted by atomic mass is 10.1. The number of nitrogens with zero attached hydrogens (tertiary/aromatic N) is 3. The number of rotatable bonds is 7. The molecular formula is C12H14N4O2. The van der Waals surface area contributed by atoms with Gasteiger partial charge in [0, 0.05) is 36.4 Å². The van der Waals surface area contributed by atoms with Gasteiger partial charge in [-0.05, 0) is 5.53 Å². The molecule has 18 heavy (non-hydrogen) atoms. The van der Waals surface area contributed by atoms with Gasteiger partial charge in [0.15, 0.2) is 5.78 Å². The van der Waals surface area contributed by atoms with Crippen molar-refractivity contribution in [2.45, 2.75) is 12.8 Å². The molecule has 1 amide bonds. The zero-order valence-corrected chi connectivity index (χ0v) is 9.87. The molecular weight excluding hydrogens is 232 g/mol. The third-order valence-corrected chi connectivity index (χ3v) is 2.27. The van der Waals surface area contributed by atoms with E-state index in [4.69, 9.17) is 5.53 Å². The third kappa shape index (κ3) is 5.14. The standard InChI is InChI=1S/C12H14N4O2/c13-16-15-9-8-14-12(18)7-6-11(17)10-4-2-1-3-5-10/h1-5H,6-9H2,(H,14,18). The zero-order chi connectivity index (χ0) is 13.2. The van der Waals surface area contributed by atoms with Gasteiger partial charge in [0.25, 0.3) is 0 Å². The number of Topliss-reactive ketones (excluding diaryl/α,β-unsaturated/α-hetero) is 1. The molecule has 0 aromatic heterocycles. The highest BCUT2D eigenvalue weighted by atomic mass is 16.2. The lowest BCUT2D eigenvalue weighted by Gasteiger charge is -2.03. The average molecular weight is 246 g/mol. The van der Waals surface area contributed by atoms with Crippen molar-refractivity contribution in [3.8, 4) is 0 Å². The number of carbonyl (C=O) groups is 2. The minimum atomic E-state index is -0.215. The number of amides is 1. The summed E-state index contributed by atoms with van der Waals surface area (Å²) in [7, 11) is 0. The number of hydrogen-bond acceptors (Lipinski definition) is 3. The Bertz CT molecular complexity index is 452. The Kier molecular flexibility index (Phi) is 6.00. The first-order chi connectivity index (χ1) is 8.74. The number of benzene rings is 1. The highest BCUT2D eigenvalue weighted by molar-refractivity contribution is 5.97. The molecule has 6 nitrogen and oxygen atoms in total. The molecule has 94 valence electrons. The zero-order valence-electron chi connectivity index (χ0n) is 9.87. The predicted octanol–water partition coefficient (Wildman–Crippen LogP) is 2.08. The van der Waals surface area contributed by atoms with Crippen molar-refractivity contribution in [1.29, 1.82) is 0 Å². The molecule has 0 bridgehead atoms. The van der Waals surface area contributed by atoms with Crippen LogP contribution in [0.25, 0.3) is 10.4 Å². The van der Waals surface area contributed by atoms with Crippen molar-refractivity contribution in [2.75, 3.05) is 13.1 Å². The summed E-state index contributed by atoms with van der Waals surface area (Å²) in [6.45, 7) is 0.511. The molecule has 0 unspecified atom stereocenters. The SMILES string of the molecule is [N-]=[N+]=NCCNC(=O)CCC(=O)c1ccccc1. The van der Waals surface area contributed by atoms with Crippen LogP contribution in [0.15, 0.2) is 35.4 Å². The van der Waals surface area contributed by atoms with E-state index in [1.165, 1.54) is 0 Å². The Morgan fingerprint density at radius 1 is 1.22 bits per heavy atom. The van der Waals surface area contributed by atoms with Crippen LogP contribution in [0.1, 0.15) is 23.2 Å². The molecule has 0 atom stereocenters. The number of hydrogen-bond donors (Lipinski definition) is 1. The number of carbonyl (C=O) groups excluding carboxylic acids is 2. The minimum absolute atomic E-state index is 0.0548. The topological polar surface area (TPSA) is 94.9 Å². The maximum atomic E-state index is 11.7. The average Bonchev–Trinajstić information content (AvgIpc) is 2.42. The molecule has 0 radical (unpaired) electrons. The summed E-state index contributed by atoms with van der Waals surface area (Å²) in [6.07, 6.45) is 0.321. The first-order valence-electron chi connectivity index (χ1n) is 5.60. The van der Waals surface area contributed by atoms with Crippen molar-refractivity contribution in [3.63, 3.8) is 0 Å². The molecule has 1 aromatic rings. The molecule has 0 heterocycles. The van der Waals surface area contributed by atoms with Crippen LogP contribution in [-0.2, 0) is 4.79 Å². The van der Waals surface area contributed by atoms with Crippen molar-refractivity contribution in [3.05, 3.63) is 46.3 Å². The van der Waals surface area contributed by atoms with E-state index in [1.54, 1.807) is 24.3 Å². The van der Waals surface area contributed by atoms with Gasteiger partial charge in [-0.25, -0.2) is 0 Å². The minimum Gasteiger partial charge on any atom is -0.356 e. The summed E-state index contributed by atoms with van der Waals surface area (Å²) >= 11 is 0. The van der Waals surface area contributed by atoms with Gasteiger partial charge in [-0.2, -0.15) is 0 Å². The van der Waals surface area contributed by atoms with Gasteiger partial charge in [-0.3, -0.25) is 9.59 Å². The monoisotopic (exact) mass is 246 g/mol. The van der Waals surface area contributed by atoms with Crippen molar-refractivity contribution >= 4 is 11.7 Å². The summed E-state index contributed by atoms with van der Waals surface area (Å²) in [5, 5.41) is 5.85. The highest BCUT2D eigenvalue weighted by Crippen LogP contribution is 2.04. The number of ketones is 1. The van der Waals surface area contributed by atoms with E-state index < -0.39 is 0 Å². The quantitative estimate of drug-likeness (QED) is 0.262. The van der Waals surface area contributed by atoms with E-state index in [2.05, 4.69) is 15.3 Å². The van der Waals surface area contributed by atoms with Crippen LogP contribution in [-0.4, -0.2) is 24.8 Å². The van der Waals surface area contributed by atoms with Gasteiger partial charge in [-0.1, -0.05) is 35.4 Å². The van der Waals surface area contributed by atoms with Crippen LogP contribution >= 0.6 is 0 Å². The highest BCUT2D eigenvalue weighted by Gasteiger charge is 2.08. The second-order valence-corrected chi connectivity index (χ2v) is 3.59. The molecule has 0 spiro atoms. The molecule has 1 rings (SSSR count). The molecule has 0 saturated carbocycles. The van der Waals surface area contributed by atoms with Crippen LogP contribution in [0.2, 0.25) is 0 Å². The summed E-state index contributed by atoms with van der Waals surface area (Å²) in [4.78, 5) is 25.6. The molecule has 0 saturated heterocycles. The van der Waals surface area contributed by atoms with Gasteiger partial charge in [0.1, 0.15) is 0 Å². The Morgan fingerprint density at radius 3 is 2.61 bits per heavy atom. The molecule has 0 aliphatic rings. The normalized spacial score (nSPS) is 9.33. The lowest BCUT2D eigenvalue weighted by Crippen LogP contribution is -2.26. The van der Waals surface area contributed by atoms with Gasteiger partial charge in [-0.15, -0.1) is 0 Å². The second-order valence-electron chi connectivity index (χ2n) is 3.59. The molecule has 1 aromatic carbocycles. The molecule has 6 heteroatoms. The Morgan fingerprint density at radius 2 is 1.94 bits per heavy atom. The number of nitrogens with one attached hydrogen (secondary N) is 1. The van der Waals surface area contributed by atoms with E-state index >= 15 is 0 Å². The predicted molar refractivity (Wildman–Crippen MR) is 67.0 cm³/mol. The molecule has 0 aliphatic carbocycles. The fourth-order valence-corrected chi connectivity index (χ4v) is 1.37. The van der Waals surface area contributed by atoms with E-state index in [1.807, 2.05) is 6.07 Å². The molecule has 0 fully saturated rings. The van der Waals surface area contributed by atoms with Crippen molar-refractivity contribution in [1.82, 2.24) is 5.32 Å². The fraction of sp³-hybridized carbons (Fsp3) is 0.333. The van der Waals surface area contributed by atoms with Gasteiger partial charge in [0.2, 0.25) is 5.91 Å². The third-order valence-electron chi connectivity index (χ3n) is 2.27. The van der Waals surface area contributed by atoms with Gasteiger partial charge < -0.3 is 5.32 Å². The van der Waals surface area contributed by atoms with Crippen molar-refractivity contribution < 1.29 is 9.59 Å². The Labute approximate surface area is 105 Å². The van der Waals surface area contributed by atoms with E-state index in [-0.39, 0.29) is 31.1 Å². The maximum absolute atomic E-state index is 11.7. The number of azide groups is 1. The van der Waals surface area contributed by atoms with Crippen LogP contribution in [0.3, 0.4) is 0 Å². The lowest BCUT2D eigenvalue weighted by molar-refractivity contribution is -0.121. The Hall–Kier alpha value is -2.33. The van der Waals surface area contributed by atoms with Crippen LogP contribution in [0.4, 0.5) is 0 Å². The molecule has 0 aliphatic heterocycles. The fourth-order valence-electron chi connectivity index (χ4n) is 1.37. The maximum Gasteiger partial charge on any atom is 0.220 e. The summed E-state index contributed by atoms with van der Waals surface area (Å²) in [6, 6.07) is 8.85. The molecule has 1 N–H and O–H groups in total. The largest absolute Gasteiger partial charge is 0.356 e. The van der Waals surface area contributed by atoms with Crippen LogP contribution < -0.4 is 5.32 Å². The first-order valence-corrected chi connectivity index (χ1v) is 5.60. The summed E-state index contributed by atoms with van der Waals surface area (Å²) < 4.78 is 0. The van der Waals surface area contributed by atoms with Crippen molar-refractivity contribution in [2.24, 2.45) is 5.11 Å². The Balaban J connectivity index is 2.26. The summed E-state index contributed by atoms with van der Waals surface area (Å²) in [5.41, 5.74) is 8.65. The van der Waals surface area contributed by atoms with Gasteiger partial charge >= 0.3 is 0 Å². The first kappa shape index (κ1) is 13.7. The van der Waals surface area contributed by atoms with Crippen LogP contribution in [0, 0.1) is 0 Å². The van der Waals surface area contributed by atoms with E-state index in [9.17, 15) is 9.59 Å². The van der Waals surface area contributed by atoms with Crippen LogP contribution in [0.5, 0.6) is 0 Å². The summed E-state index contributed by atoms with van der Waals surface area (Å²) in [5.74, 6) is -0.270. The van der Waals surface area contributed by atoms with E-state index in [0.29, 0.717) is 12.1 Å². The van der Waals surface area contributed by atoms with Gasteiger partial charge in [0.05, 0.1) is 0 Å². The van der Waals surface area contributed by atoms with E-state index in [0.717, 1.165) is 0 Å².